The Kier molecular flexibility index (Phi) is 3.33. The van der Waals surface area contributed by atoms with Crippen molar-refractivity contribution in [3.05, 3.63) is 22.7 Å². The Bertz CT molecular complexity index is 365. The van der Waals surface area contributed by atoms with Gasteiger partial charge in [0.05, 0.1) is 19.2 Å². The highest BCUT2D eigenvalue weighted by molar-refractivity contribution is 6.34. The Morgan fingerprint density at radius 2 is 2.29 bits per heavy atom. The van der Waals surface area contributed by atoms with Gasteiger partial charge in [0.2, 0.25) is 0 Å². The fourth-order valence-corrected chi connectivity index (χ4v) is 1.28. The summed E-state index contributed by atoms with van der Waals surface area (Å²) in [7, 11) is 1.42. The summed E-state index contributed by atoms with van der Waals surface area (Å²) in [5.74, 6) is -0.341. The summed E-state index contributed by atoms with van der Waals surface area (Å²) < 4.78 is 4.86. The highest BCUT2D eigenvalue weighted by Gasteiger charge is 2.15. The molecule has 0 aliphatic rings. The predicted molar refractivity (Wildman–Crippen MR) is 53.1 cm³/mol. The number of ketones is 1. The van der Waals surface area contributed by atoms with Crippen LogP contribution in [0.25, 0.3) is 0 Å². The van der Waals surface area contributed by atoms with Crippen molar-refractivity contribution in [1.82, 2.24) is 0 Å². The van der Waals surface area contributed by atoms with E-state index >= 15 is 0 Å². The number of carbonyl (C=O) groups is 1. The van der Waals surface area contributed by atoms with Crippen LogP contribution in [-0.4, -0.2) is 24.5 Å². The molecule has 3 N–H and O–H groups in total. The van der Waals surface area contributed by atoms with Crippen LogP contribution in [0.2, 0.25) is 5.02 Å². The van der Waals surface area contributed by atoms with Crippen molar-refractivity contribution >= 4 is 17.4 Å². The first-order valence-electron chi connectivity index (χ1n) is 3.90. The largest absolute Gasteiger partial charge is 0.505 e. The monoisotopic (exact) mass is 215 g/mol. The third-order valence-electron chi connectivity index (χ3n) is 1.79. The number of aromatic hydroxyl groups is 1. The number of nitrogens with two attached hydrogens (primary N) is 1. The lowest BCUT2D eigenvalue weighted by atomic mass is 10.1. The summed E-state index contributed by atoms with van der Waals surface area (Å²) in [6.07, 6.45) is 0. The molecule has 1 aromatic rings. The average molecular weight is 216 g/mol. The van der Waals surface area contributed by atoms with Crippen LogP contribution in [0.3, 0.4) is 0 Å². The van der Waals surface area contributed by atoms with E-state index in [1.165, 1.54) is 19.2 Å². The van der Waals surface area contributed by atoms with Crippen LogP contribution in [0.5, 0.6) is 11.5 Å². The van der Waals surface area contributed by atoms with Gasteiger partial charge in [-0.25, -0.2) is 0 Å². The molecule has 0 spiro atoms. The van der Waals surface area contributed by atoms with E-state index in [9.17, 15) is 9.90 Å². The zero-order valence-corrected chi connectivity index (χ0v) is 8.34. The Labute approximate surface area is 86.2 Å². The van der Waals surface area contributed by atoms with Crippen molar-refractivity contribution in [3.63, 3.8) is 0 Å². The molecular formula is C9H10ClNO3. The number of benzene rings is 1. The Morgan fingerprint density at radius 3 is 2.79 bits per heavy atom. The van der Waals surface area contributed by atoms with Crippen molar-refractivity contribution in [2.75, 3.05) is 13.7 Å². The summed E-state index contributed by atoms with van der Waals surface area (Å²) in [6, 6.07) is 2.93. The van der Waals surface area contributed by atoms with E-state index in [0.29, 0.717) is 5.75 Å². The Balaban J connectivity index is 3.24. The number of hydrogen-bond donors (Lipinski definition) is 2. The maximum Gasteiger partial charge on any atom is 0.180 e. The number of phenols is 1. The molecule has 0 aliphatic heterocycles. The van der Waals surface area contributed by atoms with Crippen molar-refractivity contribution < 1.29 is 14.6 Å². The maximum atomic E-state index is 11.2. The molecule has 0 saturated heterocycles. The van der Waals surface area contributed by atoms with Gasteiger partial charge in [-0.2, -0.15) is 0 Å². The van der Waals surface area contributed by atoms with Crippen molar-refractivity contribution in [3.8, 4) is 11.5 Å². The van der Waals surface area contributed by atoms with E-state index in [-0.39, 0.29) is 28.7 Å². The first-order valence-corrected chi connectivity index (χ1v) is 4.28. The van der Waals surface area contributed by atoms with Crippen LogP contribution >= 0.6 is 11.6 Å². The second kappa shape index (κ2) is 4.30. The smallest absolute Gasteiger partial charge is 0.180 e. The molecule has 1 rings (SSSR count). The lowest BCUT2D eigenvalue weighted by Gasteiger charge is -2.07. The zero-order chi connectivity index (χ0) is 10.7. The van der Waals surface area contributed by atoms with E-state index < -0.39 is 0 Å². The number of phenolic OH excluding ortho intramolecular Hbond substituents is 1. The first-order chi connectivity index (χ1) is 6.61. The topological polar surface area (TPSA) is 72.5 Å². The van der Waals surface area contributed by atoms with Gasteiger partial charge < -0.3 is 15.6 Å². The van der Waals surface area contributed by atoms with E-state index in [0.717, 1.165) is 0 Å². The van der Waals surface area contributed by atoms with Gasteiger partial charge in [0.25, 0.3) is 0 Å². The number of carbonyl (C=O) groups excluding carboxylic acids is 1. The number of ether oxygens (including phenoxy) is 1. The molecular weight excluding hydrogens is 206 g/mol. The van der Waals surface area contributed by atoms with E-state index in [4.69, 9.17) is 22.1 Å². The Morgan fingerprint density at radius 1 is 1.64 bits per heavy atom. The van der Waals surface area contributed by atoms with Crippen LogP contribution in [0.1, 0.15) is 10.4 Å². The van der Waals surface area contributed by atoms with Gasteiger partial charge >= 0.3 is 0 Å². The van der Waals surface area contributed by atoms with E-state index in [1.54, 1.807) is 0 Å². The number of hydrogen-bond acceptors (Lipinski definition) is 4. The van der Waals surface area contributed by atoms with Crippen molar-refractivity contribution in [1.29, 1.82) is 0 Å². The lowest BCUT2D eigenvalue weighted by Crippen LogP contribution is -2.13. The number of rotatable bonds is 3. The summed E-state index contributed by atoms with van der Waals surface area (Å²) >= 11 is 5.73. The SMILES string of the molecule is COc1ccc(C(=O)CN)c(O)c1Cl. The van der Waals surface area contributed by atoms with Crippen LogP contribution in [-0.2, 0) is 0 Å². The van der Waals surface area contributed by atoms with Gasteiger partial charge in [0.15, 0.2) is 5.78 Å². The average Bonchev–Trinajstić information content (AvgIpc) is 2.21. The normalized spacial score (nSPS) is 9.93. The van der Waals surface area contributed by atoms with Crippen LogP contribution in [0.15, 0.2) is 12.1 Å². The number of methoxy groups -OCH3 is 1. The van der Waals surface area contributed by atoms with Gasteiger partial charge in [0, 0.05) is 0 Å². The molecule has 1 aromatic carbocycles. The summed E-state index contributed by atoms with van der Waals surface area (Å²) in [6.45, 7) is -0.170. The highest BCUT2D eigenvalue weighted by Crippen LogP contribution is 2.35. The van der Waals surface area contributed by atoms with Crippen LogP contribution in [0, 0.1) is 0 Å². The fourth-order valence-electron chi connectivity index (χ4n) is 1.04. The molecule has 0 aliphatic carbocycles. The van der Waals surface area contributed by atoms with Gasteiger partial charge in [-0.15, -0.1) is 0 Å². The molecule has 0 atom stereocenters. The minimum absolute atomic E-state index is 0.0202. The molecule has 0 heterocycles. The molecule has 0 unspecified atom stereocenters. The van der Waals surface area contributed by atoms with Crippen molar-refractivity contribution in [2.45, 2.75) is 0 Å². The minimum atomic E-state index is -0.368. The second-order valence-corrected chi connectivity index (χ2v) is 2.98. The molecule has 4 nitrogen and oxygen atoms in total. The second-order valence-electron chi connectivity index (χ2n) is 2.61. The number of Topliss-reactive ketones (excluding diaryl/α,β-unsaturated/α-hetero) is 1. The molecule has 0 fully saturated rings. The van der Waals surface area contributed by atoms with Gasteiger partial charge in [-0.1, -0.05) is 11.6 Å². The zero-order valence-electron chi connectivity index (χ0n) is 7.58. The third-order valence-corrected chi connectivity index (χ3v) is 2.15. The predicted octanol–water partition coefficient (Wildman–Crippen LogP) is 1.20. The standard InChI is InChI=1S/C9H10ClNO3/c1-14-7-3-2-5(6(12)4-11)9(13)8(7)10/h2-3,13H,4,11H2,1H3. The maximum absolute atomic E-state index is 11.2. The summed E-state index contributed by atoms with van der Waals surface area (Å²) in [5, 5.41) is 9.54. The third kappa shape index (κ3) is 1.81. The first kappa shape index (κ1) is 10.8. The van der Waals surface area contributed by atoms with E-state index in [2.05, 4.69) is 0 Å². The minimum Gasteiger partial charge on any atom is -0.505 e. The number of halogens is 1. The lowest BCUT2D eigenvalue weighted by molar-refractivity contribution is 0.0999. The quantitative estimate of drug-likeness (QED) is 0.743. The molecule has 76 valence electrons. The molecule has 0 saturated carbocycles. The molecule has 0 radical (unpaired) electrons. The molecule has 0 bridgehead atoms. The molecule has 0 amide bonds. The van der Waals surface area contributed by atoms with Gasteiger partial charge in [0.1, 0.15) is 16.5 Å². The van der Waals surface area contributed by atoms with Crippen LogP contribution in [0.4, 0.5) is 0 Å². The summed E-state index contributed by atoms with van der Waals surface area (Å²) in [5.41, 5.74) is 5.27. The van der Waals surface area contributed by atoms with E-state index in [1.807, 2.05) is 0 Å². The summed E-state index contributed by atoms with van der Waals surface area (Å²) in [4.78, 5) is 11.2. The highest BCUT2D eigenvalue weighted by atomic mass is 35.5. The van der Waals surface area contributed by atoms with Crippen LogP contribution < -0.4 is 10.5 Å². The van der Waals surface area contributed by atoms with Gasteiger partial charge in [-0.3, -0.25) is 4.79 Å². The molecule has 5 heteroatoms. The Hall–Kier alpha value is -1.26. The van der Waals surface area contributed by atoms with Gasteiger partial charge in [-0.05, 0) is 12.1 Å². The fraction of sp³-hybridized carbons (Fsp3) is 0.222. The molecule has 14 heavy (non-hydrogen) atoms. The van der Waals surface area contributed by atoms with Crippen molar-refractivity contribution in [2.24, 2.45) is 5.73 Å². The molecule has 0 aromatic heterocycles.